The summed E-state index contributed by atoms with van der Waals surface area (Å²) >= 11 is 0. The maximum absolute atomic E-state index is 12.7. The molecule has 1 amide bonds. The molecule has 2 saturated heterocycles. The fourth-order valence-corrected chi connectivity index (χ4v) is 3.35. The van der Waals surface area contributed by atoms with Gasteiger partial charge in [0.1, 0.15) is 0 Å². The van der Waals surface area contributed by atoms with E-state index in [1.54, 1.807) is 4.68 Å². The SMILES string of the molecule is Cn1cc(C[C@H]2[C@@H](O)CCN2C(=O)C2CCOCC2)cn1. The lowest BCUT2D eigenvalue weighted by Gasteiger charge is -2.31. The number of hydrogen-bond donors (Lipinski definition) is 1. The standard InChI is InChI=1S/C15H23N3O3/c1-17-10-11(9-16-17)8-13-14(19)2-5-18(13)15(20)12-3-6-21-7-4-12/h9-10,12-14,19H,2-8H2,1H3/t13-,14-/m0/s1. The minimum Gasteiger partial charge on any atom is -0.391 e. The van der Waals surface area contributed by atoms with Gasteiger partial charge in [-0.25, -0.2) is 0 Å². The second-order valence-electron chi connectivity index (χ2n) is 6.07. The minimum absolute atomic E-state index is 0.0560. The topological polar surface area (TPSA) is 67.6 Å². The van der Waals surface area contributed by atoms with Gasteiger partial charge in [0.25, 0.3) is 0 Å². The van der Waals surface area contributed by atoms with Crippen molar-refractivity contribution in [3.05, 3.63) is 18.0 Å². The zero-order valence-electron chi connectivity index (χ0n) is 12.4. The highest BCUT2D eigenvalue weighted by molar-refractivity contribution is 5.79. The molecule has 3 heterocycles. The van der Waals surface area contributed by atoms with Gasteiger partial charge < -0.3 is 14.7 Å². The van der Waals surface area contributed by atoms with Crippen LogP contribution in [0, 0.1) is 5.92 Å². The number of amides is 1. The number of ether oxygens (including phenoxy) is 1. The van der Waals surface area contributed by atoms with Gasteiger partial charge in [-0.2, -0.15) is 5.10 Å². The van der Waals surface area contributed by atoms with Gasteiger partial charge in [-0.1, -0.05) is 0 Å². The van der Waals surface area contributed by atoms with Crippen molar-refractivity contribution in [2.24, 2.45) is 13.0 Å². The Morgan fingerprint density at radius 1 is 1.43 bits per heavy atom. The summed E-state index contributed by atoms with van der Waals surface area (Å²) < 4.78 is 7.08. The van der Waals surface area contributed by atoms with E-state index in [1.165, 1.54) is 0 Å². The molecule has 0 spiro atoms. The number of aromatic nitrogens is 2. The third-order valence-corrected chi connectivity index (χ3v) is 4.57. The summed E-state index contributed by atoms with van der Waals surface area (Å²) in [6.45, 7) is 1.99. The highest BCUT2D eigenvalue weighted by Crippen LogP contribution is 2.26. The number of carbonyl (C=O) groups is 1. The van der Waals surface area contributed by atoms with Crippen molar-refractivity contribution in [1.29, 1.82) is 0 Å². The van der Waals surface area contributed by atoms with Crippen LogP contribution in [0.2, 0.25) is 0 Å². The van der Waals surface area contributed by atoms with Gasteiger partial charge in [-0.05, 0) is 31.2 Å². The lowest BCUT2D eigenvalue weighted by Crippen LogP contribution is -2.45. The average Bonchev–Trinajstić information content (AvgIpc) is 3.07. The van der Waals surface area contributed by atoms with Crippen LogP contribution in [-0.2, 0) is 23.0 Å². The first kappa shape index (κ1) is 14.5. The Morgan fingerprint density at radius 3 is 2.86 bits per heavy atom. The van der Waals surface area contributed by atoms with Crippen LogP contribution in [-0.4, -0.2) is 57.6 Å². The van der Waals surface area contributed by atoms with Crippen molar-refractivity contribution in [1.82, 2.24) is 14.7 Å². The van der Waals surface area contributed by atoms with E-state index in [4.69, 9.17) is 4.74 Å². The summed E-state index contributed by atoms with van der Waals surface area (Å²) in [7, 11) is 1.87. The lowest BCUT2D eigenvalue weighted by molar-refractivity contribution is -0.140. The molecule has 0 radical (unpaired) electrons. The smallest absolute Gasteiger partial charge is 0.226 e. The summed E-state index contributed by atoms with van der Waals surface area (Å²) in [5, 5.41) is 14.4. The minimum atomic E-state index is -0.436. The molecule has 1 N–H and O–H groups in total. The fraction of sp³-hybridized carbons (Fsp3) is 0.733. The van der Waals surface area contributed by atoms with Crippen LogP contribution in [0.1, 0.15) is 24.8 Å². The second-order valence-corrected chi connectivity index (χ2v) is 6.07. The number of rotatable bonds is 3. The summed E-state index contributed by atoms with van der Waals surface area (Å²) in [5.74, 6) is 0.240. The quantitative estimate of drug-likeness (QED) is 0.873. The molecule has 0 bridgehead atoms. The van der Waals surface area contributed by atoms with Crippen LogP contribution < -0.4 is 0 Å². The van der Waals surface area contributed by atoms with Gasteiger partial charge in [0.05, 0.1) is 18.3 Å². The van der Waals surface area contributed by atoms with Crippen molar-refractivity contribution < 1.29 is 14.6 Å². The predicted molar refractivity (Wildman–Crippen MR) is 76.6 cm³/mol. The molecule has 1 aromatic rings. The van der Waals surface area contributed by atoms with Gasteiger partial charge in [-0.15, -0.1) is 0 Å². The zero-order valence-corrected chi connectivity index (χ0v) is 12.4. The van der Waals surface area contributed by atoms with Crippen molar-refractivity contribution in [3.63, 3.8) is 0 Å². The third-order valence-electron chi connectivity index (χ3n) is 4.57. The van der Waals surface area contributed by atoms with Gasteiger partial charge in [-0.3, -0.25) is 9.48 Å². The molecular weight excluding hydrogens is 270 g/mol. The van der Waals surface area contributed by atoms with Crippen LogP contribution in [0.5, 0.6) is 0 Å². The van der Waals surface area contributed by atoms with Gasteiger partial charge in [0, 0.05) is 38.9 Å². The molecule has 0 aliphatic carbocycles. The van der Waals surface area contributed by atoms with E-state index in [-0.39, 0.29) is 17.9 Å². The van der Waals surface area contributed by atoms with Crippen LogP contribution >= 0.6 is 0 Å². The first-order valence-corrected chi connectivity index (χ1v) is 7.69. The Bertz CT molecular complexity index is 496. The molecule has 0 unspecified atom stereocenters. The largest absolute Gasteiger partial charge is 0.391 e. The maximum atomic E-state index is 12.7. The van der Waals surface area contributed by atoms with Crippen LogP contribution in [0.15, 0.2) is 12.4 Å². The van der Waals surface area contributed by atoms with E-state index >= 15 is 0 Å². The van der Waals surface area contributed by atoms with E-state index in [9.17, 15) is 9.90 Å². The van der Waals surface area contributed by atoms with Crippen molar-refractivity contribution in [2.45, 2.75) is 37.8 Å². The van der Waals surface area contributed by atoms with E-state index in [2.05, 4.69) is 5.10 Å². The Hall–Kier alpha value is -1.40. The van der Waals surface area contributed by atoms with Crippen molar-refractivity contribution >= 4 is 5.91 Å². The number of hydrogen-bond acceptors (Lipinski definition) is 4. The van der Waals surface area contributed by atoms with E-state index in [0.717, 1.165) is 18.4 Å². The summed E-state index contributed by atoms with van der Waals surface area (Å²) in [6, 6.07) is -0.121. The van der Waals surface area contributed by atoms with Crippen LogP contribution in [0.4, 0.5) is 0 Å². The Balaban J connectivity index is 1.69. The van der Waals surface area contributed by atoms with Crippen LogP contribution in [0.25, 0.3) is 0 Å². The summed E-state index contributed by atoms with van der Waals surface area (Å²) in [4.78, 5) is 14.6. The predicted octanol–water partition coefficient (Wildman–Crippen LogP) is 0.351. The number of aliphatic hydroxyl groups excluding tert-OH is 1. The molecule has 0 aromatic carbocycles. The number of aliphatic hydroxyl groups is 1. The molecule has 3 rings (SSSR count). The molecule has 21 heavy (non-hydrogen) atoms. The molecule has 2 atom stereocenters. The number of carbonyl (C=O) groups excluding carboxylic acids is 1. The van der Waals surface area contributed by atoms with E-state index < -0.39 is 6.10 Å². The van der Waals surface area contributed by atoms with Gasteiger partial charge in [0.2, 0.25) is 5.91 Å². The Labute approximate surface area is 124 Å². The molecule has 6 nitrogen and oxygen atoms in total. The molecule has 0 saturated carbocycles. The molecule has 2 aliphatic heterocycles. The Kier molecular flexibility index (Phi) is 4.26. The third kappa shape index (κ3) is 3.11. The fourth-order valence-electron chi connectivity index (χ4n) is 3.35. The normalized spacial score (nSPS) is 27.2. The number of nitrogens with zero attached hydrogens (tertiary/aromatic N) is 3. The highest BCUT2D eigenvalue weighted by Gasteiger charge is 2.38. The summed E-state index contributed by atoms with van der Waals surface area (Å²) in [6.07, 6.45) is 6.25. The molecule has 116 valence electrons. The molecule has 1 aromatic heterocycles. The van der Waals surface area contributed by atoms with E-state index in [1.807, 2.05) is 24.3 Å². The van der Waals surface area contributed by atoms with Crippen LogP contribution in [0.3, 0.4) is 0 Å². The number of aryl methyl sites for hydroxylation is 1. The first-order valence-electron chi connectivity index (χ1n) is 7.69. The monoisotopic (exact) mass is 293 g/mol. The lowest BCUT2D eigenvalue weighted by atomic mass is 9.97. The highest BCUT2D eigenvalue weighted by atomic mass is 16.5. The van der Waals surface area contributed by atoms with Gasteiger partial charge >= 0.3 is 0 Å². The maximum Gasteiger partial charge on any atom is 0.226 e. The number of likely N-dealkylation sites (tertiary alicyclic amines) is 1. The molecule has 6 heteroatoms. The zero-order chi connectivity index (χ0) is 14.8. The average molecular weight is 293 g/mol. The Morgan fingerprint density at radius 2 is 2.19 bits per heavy atom. The second kappa shape index (κ2) is 6.15. The molecule has 2 fully saturated rings. The molecular formula is C15H23N3O3. The van der Waals surface area contributed by atoms with Gasteiger partial charge in [0.15, 0.2) is 0 Å². The van der Waals surface area contributed by atoms with E-state index in [0.29, 0.717) is 32.6 Å². The van der Waals surface area contributed by atoms with Crippen molar-refractivity contribution in [2.75, 3.05) is 19.8 Å². The summed E-state index contributed by atoms with van der Waals surface area (Å²) in [5.41, 5.74) is 1.06. The van der Waals surface area contributed by atoms with Crippen molar-refractivity contribution in [3.8, 4) is 0 Å². The molecule has 2 aliphatic rings. The first-order chi connectivity index (χ1) is 10.1.